The number of rotatable bonds is 7. The van der Waals surface area contributed by atoms with Crippen LogP contribution in [0.15, 0.2) is 54.6 Å². The van der Waals surface area contributed by atoms with Crippen molar-refractivity contribution in [3.05, 3.63) is 65.7 Å². The summed E-state index contributed by atoms with van der Waals surface area (Å²) in [6.45, 7) is 1.86. The van der Waals surface area contributed by atoms with Crippen LogP contribution in [-0.2, 0) is 26.3 Å². The molecule has 5 nitrogen and oxygen atoms in total. The molecule has 3 N–H and O–H groups in total. The topological polar surface area (TPSA) is 89.3 Å². The van der Waals surface area contributed by atoms with Crippen LogP contribution in [0.3, 0.4) is 0 Å². The fourth-order valence-electron chi connectivity index (χ4n) is 2.03. The molecule has 2 aromatic rings. The van der Waals surface area contributed by atoms with Crippen LogP contribution < -0.4 is 10.5 Å². The summed E-state index contributed by atoms with van der Waals surface area (Å²) < 4.78 is 22.1. The molecule has 24 heavy (non-hydrogen) atoms. The summed E-state index contributed by atoms with van der Waals surface area (Å²) in [5.74, 6) is 0.461. The minimum absolute atomic E-state index is 0.0878. The molecule has 2 aromatic carbocycles. The molecule has 0 aromatic heterocycles. The number of hydrogen-bond donors (Lipinski definition) is 2. The van der Waals surface area contributed by atoms with Gasteiger partial charge in [-0.1, -0.05) is 42.5 Å². The van der Waals surface area contributed by atoms with Crippen molar-refractivity contribution in [1.82, 2.24) is 0 Å². The van der Waals surface area contributed by atoms with E-state index in [9.17, 15) is 13.2 Å². The Morgan fingerprint density at radius 3 is 2.29 bits per heavy atom. The number of carbonyl (C=O) groups is 1. The number of carbonyl (C=O) groups excluding carboxylic acids is 1. The van der Waals surface area contributed by atoms with Crippen molar-refractivity contribution in [2.75, 3.05) is 5.32 Å². The Morgan fingerprint density at radius 2 is 1.71 bits per heavy atom. The van der Waals surface area contributed by atoms with Gasteiger partial charge in [-0.3, -0.25) is 4.79 Å². The van der Waals surface area contributed by atoms with E-state index in [2.05, 4.69) is 5.32 Å². The average molecular weight is 364 g/mol. The molecule has 0 aliphatic rings. The van der Waals surface area contributed by atoms with Crippen LogP contribution in [0.2, 0.25) is 0 Å². The van der Waals surface area contributed by atoms with E-state index in [0.717, 1.165) is 5.75 Å². The van der Waals surface area contributed by atoms with Crippen molar-refractivity contribution in [3.8, 4) is 0 Å². The largest absolute Gasteiger partial charge is 0.325 e. The lowest BCUT2D eigenvalue weighted by atomic mass is 10.2. The lowest BCUT2D eigenvalue weighted by molar-refractivity contribution is -0.115. The summed E-state index contributed by atoms with van der Waals surface area (Å²) in [4.78, 5) is 12.2. The van der Waals surface area contributed by atoms with Crippen LogP contribution in [0.1, 0.15) is 18.1 Å². The smallest absolute Gasteiger partial charge is 0.237 e. The second kappa shape index (κ2) is 8.32. The van der Waals surface area contributed by atoms with E-state index >= 15 is 0 Å². The molecule has 0 aliphatic carbocycles. The van der Waals surface area contributed by atoms with Gasteiger partial charge in [0.15, 0.2) is 0 Å². The highest BCUT2D eigenvalue weighted by Crippen LogP contribution is 2.19. The summed E-state index contributed by atoms with van der Waals surface area (Å²) >= 11 is 1.56. The van der Waals surface area contributed by atoms with Gasteiger partial charge in [-0.2, -0.15) is 0 Å². The number of thioether (sulfide) groups is 1. The van der Waals surface area contributed by atoms with Crippen molar-refractivity contribution in [1.29, 1.82) is 0 Å². The van der Waals surface area contributed by atoms with Gasteiger partial charge in [0.1, 0.15) is 0 Å². The molecule has 1 unspecified atom stereocenters. The summed E-state index contributed by atoms with van der Waals surface area (Å²) in [7, 11) is -3.55. The van der Waals surface area contributed by atoms with Gasteiger partial charge in [-0.05, 0) is 30.2 Å². The molecule has 0 bridgehead atoms. The van der Waals surface area contributed by atoms with Gasteiger partial charge in [0, 0.05) is 11.4 Å². The number of anilines is 1. The van der Waals surface area contributed by atoms with Crippen molar-refractivity contribution in [2.24, 2.45) is 5.14 Å². The quantitative estimate of drug-likeness (QED) is 0.790. The maximum Gasteiger partial charge on any atom is 0.237 e. The van der Waals surface area contributed by atoms with Crippen molar-refractivity contribution < 1.29 is 13.2 Å². The molecule has 0 fully saturated rings. The van der Waals surface area contributed by atoms with E-state index < -0.39 is 10.0 Å². The molecule has 0 heterocycles. The Labute approximate surface area is 146 Å². The number of nitrogens with one attached hydrogen (secondary N) is 1. The average Bonchev–Trinajstić information content (AvgIpc) is 2.54. The maximum atomic E-state index is 12.2. The number of sulfonamides is 1. The zero-order valence-electron chi connectivity index (χ0n) is 13.3. The van der Waals surface area contributed by atoms with Gasteiger partial charge in [0.25, 0.3) is 0 Å². The summed E-state index contributed by atoms with van der Waals surface area (Å²) in [5.41, 5.74) is 2.39. The molecule has 0 saturated heterocycles. The SMILES string of the molecule is CC(SCc1ccccc1)C(=O)Nc1ccc(CS(N)(=O)=O)cc1. The number of amides is 1. The van der Waals surface area contributed by atoms with E-state index in [0.29, 0.717) is 11.3 Å². The Kier molecular flexibility index (Phi) is 6.42. The van der Waals surface area contributed by atoms with Crippen LogP contribution in [-0.4, -0.2) is 19.6 Å². The van der Waals surface area contributed by atoms with Crippen molar-refractivity contribution in [3.63, 3.8) is 0 Å². The van der Waals surface area contributed by atoms with Crippen LogP contribution in [0.5, 0.6) is 0 Å². The first-order valence-corrected chi connectivity index (χ1v) is 10.2. The number of benzene rings is 2. The summed E-state index contributed by atoms with van der Waals surface area (Å²) in [6.07, 6.45) is 0. The molecule has 2 rings (SSSR count). The van der Waals surface area contributed by atoms with Crippen LogP contribution in [0.25, 0.3) is 0 Å². The molecule has 0 saturated carbocycles. The molecule has 128 valence electrons. The van der Waals surface area contributed by atoms with Gasteiger partial charge in [0.05, 0.1) is 11.0 Å². The second-order valence-electron chi connectivity index (χ2n) is 5.43. The van der Waals surface area contributed by atoms with Crippen molar-refractivity contribution >= 4 is 33.4 Å². The first kappa shape index (κ1) is 18.5. The zero-order chi connectivity index (χ0) is 17.6. The third kappa shape index (κ3) is 6.35. The first-order valence-electron chi connectivity index (χ1n) is 7.39. The molecule has 0 aliphatic heterocycles. The molecule has 1 amide bonds. The number of primary sulfonamides is 1. The standard InChI is InChI=1S/C17H20N2O3S2/c1-13(23-11-14-5-3-2-4-6-14)17(20)19-16-9-7-15(8-10-16)12-24(18,21)22/h2-10,13H,11-12H2,1H3,(H,19,20)(H2,18,21,22). The fraction of sp³-hybridized carbons (Fsp3) is 0.235. The molecule has 1 atom stereocenters. The van der Waals surface area contributed by atoms with Crippen LogP contribution >= 0.6 is 11.8 Å². The van der Waals surface area contributed by atoms with E-state index in [-0.39, 0.29) is 16.9 Å². The van der Waals surface area contributed by atoms with Crippen LogP contribution in [0, 0.1) is 0 Å². The van der Waals surface area contributed by atoms with Gasteiger partial charge in [-0.15, -0.1) is 11.8 Å². The summed E-state index contributed by atoms with van der Waals surface area (Å²) in [5, 5.41) is 7.63. The maximum absolute atomic E-state index is 12.2. The monoisotopic (exact) mass is 364 g/mol. The van der Waals surface area contributed by atoms with Gasteiger partial charge >= 0.3 is 0 Å². The van der Waals surface area contributed by atoms with E-state index in [1.165, 1.54) is 5.56 Å². The molecule has 7 heteroatoms. The minimum atomic E-state index is -3.55. The second-order valence-corrected chi connectivity index (χ2v) is 8.38. The predicted molar refractivity (Wildman–Crippen MR) is 99.1 cm³/mol. The van der Waals surface area contributed by atoms with E-state index in [1.807, 2.05) is 37.3 Å². The van der Waals surface area contributed by atoms with E-state index in [1.54, 1.807) is 36.0 Å². The molecular weight excluding hydrogens is 344 g/mol. The lowest BCUT2D eigenvalue weighted by Crippen LogP contribution is -2.22. The highest BCUT2D eigenvalue weighted by molar-refractivity contribution is 7.99. The minimum Gasteiger partial charge on any atom is -0.325 e. The van der Waals surface area contributed by atoms with Crippen LogP contribution in [0.4, 0.5) is 5.69 Å². The Bertz CT molecular complexity index is 775. The number of nitrogens with two attached hydrogens (primary N) is 1. The van der Waals surface area contributed by atoms with Gasteiger partial charge in [-0.25, -0.2) is 13.6 Å². The third-order valence-electron chi connectivity index (χ3n) is 3.30. The number of hydrogen-bond acceptors (Lipinski definition) is 4. The highest BCUT2D eigenvalue weighted by Gasteiger charge is 2.14. The Morgan fingerprint density at radius 1 is 1.08 bits per heavy atom. The Balaban J connectivity index is 1.87. The molecular formula is C17H20N2O3S2. The molecule has 0 spiro atoms. The molecule has 0 radical (unpaired) electrons. The van der Waals surface area contributed by atoms with E-state index in [4.69, 9.17) is 5.14 Å². The van der Waals surface area contributed by atoms with Crippen molar-refractivity contribution in [2.45, 2.75) is 23.7 Å². The normalized spacial score (nSPS) is 12.6. The highest BCUT2D eigenvalue weighted by atomic mass is 32.2. The lowest BCUT2D eigenvalue weighted by Gasteiger charge is -2.12. The fourth-order valence-corrected chi connectivity index (χ4v) is 3.53. The zero-order valence-corrected chi connectivity index (χ0v) is 14.9. The predicted octanol–water partition coefficient (Wildman–Crippen LogP) is 2.74. The third-order valence-corrected chi connectivity index (χ3v) is 5.25. The van der Waals surface area contributed by atoms with Gasteiger partial charge in [0.2, 0.25) is 15.9 Å². The Hall–Kier alpha value is -1.83. The van der Waals surface area contributed by atoms with Gasteiger partial charge < -0.3 is 5.32 Å². The summed E-state index contributed by atoms with van der Waals surface area (Å²) in [6, 6.07) is 16.6. The first-order chi connectivity index (χ1) is 11.3.